The van der Waals surface area contributed by atoms with Crippen molar-refractivity contribution in [3.05, 3.63) is 29.8 Å². The van der Waals surface area contributed by atoms with E-state index in [0.717, 1.165) is 30.7 Å². The van der Waals surface area contributed by atoms with E-state index in [1.165, 1.54) is 0 Å². The highest BCUT2D eigenvalue weighted by atomic mass is 16.5. The Morgan fingerprint density at radius 1 is 1.30 bits per heavy atom. The Balaban J connectivity index is 1.79. The van der Waals surface area contributed by atoms with Gasteiger partial charge in [-0.1, -0.05) is 32.9 Å². The Hall–Kier alpha value is -1.35. The summed E-state index contributed by atoms with van der Waals surface area (Å²) in [5, 5.41) is 3.42. The third-order valence-corrected chi connectivity index (χ3v) is 3.84. The molecule has 2 rings (SSSR count). The number of carbonyl (C=O) groups excluding carboxylic acids is 1. The zero-order chi connectivity index (χ0) is 14.5. The van der Waals surface area contributed by atoms with Crippen LogP contribution in [0.2, 0.25) is 0 Å². The van der Waals surface area contributed by atoms with E-state index in [9.17, 15) is 4.79 Å². The normalized spacial score (nSPS) is 21.6. The number of benzene rings is 1. The summed E-state index contributed by atoms with van der Waals surface area (Å²) in [5.41, 5.74) is 1.06. The summed E-state index contributed by atoms with van der Waals surface area (Å²) in [6.07, 6.45) is 3.02. The smallest absolute Gasteiger partial charge is 0.139 e. The fourth-order valence-electron chi connectivity index (χ4n) is 2.40. The van der Waals surface area contributed by atoms with Crippen LogP contribution in [0.3, 0.4) is 0 Å². The van der Waals surface area contributed by atoms with Crippen molar-refractivity contribution < 1.29 is 9.53 Å². The SMILES string of the molecule is CCNC1CC(Oc2ccc(CC(=O)C(C)C)cc2)C1. The van der Waals surface area contributed by atoms with Gasteiger partial charge in [-0.05, 0) is 37.1 Å². The van der Waals surface area contributed by atoms with Crippen molar-refractivity contribution in [1.29, 1.82) is 0 Å². The van der Waals surface area contributed by atoms with Gasteiger partial charge in [-0.3, -0.25) is 4.79 Å². The Labute approximate surface area is 121 Å². The predicted molar refractivity (Wildman–Crippen MR) is 81.1 cm³/mol. The number of ether oxygens (including phenoxy) is 1. The van der Waals surface area contributed by atoms with Gasteiger partial charge in [0.05, 0.1) is 0 Å². The van der Waals surface area contributed by atoms with Crippen molar-refractivity contribution in [2.75, 3.05) is 6.54 Å². The average molecular weight is 275 g/mol. The summed E-state index contributed by atoms with van der Waals surface area (Å²) in [6.45, 7) is 7.04. The quantitative estimate of drug-likeness (QED) is 0.831. The molecule has 0 aromatic heterocycles. The van der Waals surface area contributed by atoms with Crippen molar-refractivity contribution in [2.24, 2.45) is 5.92 Å². The second-order valence-corrected chi connectivity index (χ2v) is 5.91. The van der Waals surface area contributed by atoms with Crippen LogP contribution >= 0.6 is 0 Å². The first-order valence-electron chi connectivity index (χ1n) is 7.60. The Bertz CT molecular complexity index is 433. The fourth-order valence-corrected chi connectivity index (χ4v) is 2.40. The summed E-state index contributed by atoms with van der Waals surface area (Å²) >= 11 is 0. The molecule has 1 aromatic rings. The van der Waals surface area contributed by atoms with Crippen molar-refractivity contribution >= 4 is 5.78 Å². The zero-order valence-electron chi connectivity index (χ0n) is 12.7. The van der Waals surface area contributed by atoms with Crippen molar-refractivity contribution in [3.63, 3.8) is 0 Å². The number of Topliss-reactive ketones (excluding diaryl/α,β-unsaturated/α-hetero) is 1. The van der Waals surface area contributed by atoms with Gasteiger partial charge in [0.25, 0.3) is 0 Å². The van der Waals surface area contributed by atoms with Crippen LogP contribution in [0.25, 0.3) is 0 Å². The zero-order valence-corrected chi connectivity index (χ0v) is 12.7. The van der Waals surface area contributed by atoms with Crippen LogP contribution in [0.4, 0.5) is 0 Å². The molecule has 0 bridgehead atoms. The molecule has 0 aliphatic heterocycles. The van der Waals surface area contributed by atoms with E-state index in [0.29, 0.717) is 18.6 Å². The minimum Gasteiger partial charge on any atom is -0.490 e. The van der Waals surface area contributed by atoms with Crippen LogP contribution in [0.1, 0.15) is 39.2 Å². The summed E-state index contributed by atoms with van der Waals surface area (Å²) in [7, 11) is 0. The van der Waals surface area contributed by atoms with E-state index in [1.807, 2.05) is 38.1 Å². The molecule has 1 aliphatic carbocycles. The lowest BCUT2D eigenvalue weighted by Crippen LogP contribution is -2.46. The number of nitrogens with one attached hydrogen (secondary N) is 1. The molecule has 0 unspecified atom stereocenters. The fraction of sp³-hybridized carbons (Fsp3) is 0.588. The Morgan fingerprint density at radius 2 is 1.95 bits per heavy atom. The highest BCUT2D eigenvalue weighted by molar-refractivity contribution is 5.82. The van der Waals surface area contributed by atoms with E-state index in [4.69, 9.17) is 4.74 Å². The third kappa shape index (κ3) is 4.07. The van der Waals surface area contributed by atoms with Crippen LogP contribution in [0.5, 0.6) is 5.75 Å². The predicted octanol–water partition coefficient (Wildman–Crippen LogP) is 2.97. The molecule has 1 N–H and O–H groups in total. The van der Waals surface area contributed by atoms with Gasteiger partial charge < -0.3 is 10.1 Å². The van der Waals surface area contributed by atoms with Crippen LogP contribution in [-0.2, 0) is 11.2 Å². The Morgan fingerprint density at radius 3 is 2.50 bits per heavy atom. The molecule has 0 amide bonds. The lowest BCUT2D eigenvalue weighted by Gasteiger charge is -2.35. The van der Waals surface area contributed by atoms with Crippen molar-refractivity contribution in [2.45, 2.75) is 52.2 Å². The van der Waals surface area contributed by atoms with Gasteiger partial charge in [0, 0.05) is 18.4 Å². The summed E-state index contributed by atoms with van der Waals surface area (Å²) in [4.78, 5) is 11.7. The largest absolute Gasteiger partial charge is 0.490 e. The molecule has 0 radical (unpaired) electrons. The molecule has 0 atom stereocenters. The first-order valence-corrected chi connectivity index (χ1v) is 7.60. The number of hydrogen-bond donors (Lipinski definition) is 1. The summed E-state index contributed by atoms with van der Waals surface area (Å²) < 4.78 is 5.91. The topological polar surface area (TPSA) is 38.3 Å². The van der Waals surface area contributed by atoms with Gasteiger partial charge in [0.1, 0.15) is 17.6 Å². The molecule has 0 spiro atoms. The maximum absolute atomic E-state index is 11.7. The van der Waals surface area contributed by atoms with Crippen molar-refractivity contribution in [3.8, 4) is 5.75 Å². The lowest BCUT2D eigenvalue weighted by atomic mass is 9.89. The van der Waals surface area contributed by atoms with Gasteiger partial charge >= 0.3 is 0 Å². The first-order chi connectivity index (χ1) is 9.58. The van der Waals surface area contributed by atoms with E-state index >= 15 is 0 Å². The molecule has 3 heteroatoms. The molecule has 0 saturated heterocycles. The number of rotatable bonds is 7. The maximum Gasteiger partial charge on any atom is 0.139 e. The molecule has 1 fully saturated rings. The molecular weight excluding hydrogens is 250 g/mol. The van der Waals surface area contributed by atoms with E-state index in [2.05, 4.69) is 12.2 Å². The monoisotopic (exact) mass is 275 g/mol. The van der Waals surface area contributed by atoms with Gasteiger partial charge in [-0.2, -0.15) is 0 Å². The molecule has 3 nitrogen and oxygen atoms in total. The first kappa shape index (κ1) is 15.0. The maximum atomic E-state index is 11.7. The lowest BCUT2D eigenvalue weighted by molar-refractivity contribution is -0.121. The summed E-state index contributed by atoms with van der Waals surface area (Å²) in [6, 6.07) is 8.56. The van der Waals surface area contributed by atoms with Gasteiger partial charge in [-0.25, -0.2) is 0 Å². The molecule has 1 aromatic carbocycles. The van der Waals surface area contributed by atoms with Crippen LogP contribution in [-0.4, -0.2) is 24.5 Å². The third-order valence-electron chi connectivity index (χ3n) is 3.84. The van der Waals surface area contributed by atoms with Gasteiger partial charge in [-0.15, -0.1) is 0 Å². The standard InChI is InChI=1S/C17H25NO2/c1-4-18-14-10-16(11-14)20-15-7-5-13(6-8-15)9-17(19)12(2)3/h5-8,12,14,16,18H,4,9-11H2,1-3H3. The molecular formula is C17H25NO2. The molecule has 0 heterocycles. The van der Waals surface area contributed by atoms with Gasteiger partial charge in [0.2, 0.25) is 0 Å². The van der Waals surface area contributed by atoms with Crippen LogP contribution in [0, 0.1) is 5.92 Å². The van der Waals surface area contributed by atoms with Crippen molar-refractivity contribution in [1.82, 2.24) is 5.32 Å². The van der Waals surface area contributed by atoms with Gasteiger partial charge in [0.15, 0.2) is 0 Å². The molecule has 1 aliphatic rings. The van der Waals surface area contributed by atoms with Crippen LogP contribution < -0.4 is 10.1 Å². The number of carbonyl (C=O) groups is 1. The summed E-state index contributed by atoms with van der Waals surface area (Å²) in [5.74, 6) is 1.29. The van der Waals surface area contributed by atoms with E-state index in [-0.39, 0.29) is 11.7 Å². The van der Waals surface area contributed by atoms with E-state index < -0.39 is 0 Å². The second kappa shape index (κ2) is 6.89. The Kier molecular flexibility index (Phi) is 5.18. The molecule has 110 valence electrons. The number of hydrogen-bond acceptors (Lipinski definition) is 3. The highest BCUT2D eigenvalue weighted by Gasteiger charge is 2.29. The average Bonchev–Trinajstić information content (AvgIpc) is 2.38. The molecule has 20 heavy (non-hydrogen) atoms. The highest BCUT2D eigenvalue weighted by Crippen LogP contribution is 2.26. The second-order valence-electron chi connectivity index (χ2n) is 5.91. The van der Waals surface area contributed by atoms with Crippen LogP contribution in [0.15, 0.2) is 24.3 Å². The number of ketones is 1. The molecule has 1 saturated carbocycles. The van der Waals surface area contributed by atoms with E-state index in [1.54, 1.807) is 0 Å². The minimum absolute atomic E-state index is 0.101. The minimum atomic E-state index is 0.101.